The Morgan fingerprint density at radius 2 is 1.90 bits per heavy atom. The van der Waals surface area contributed by atoms with E-state index in [-0.39, 0.29) is 5.91 Å². The monoisotopic (exact) mass is 395 g/mol. The molecule has 0 aliphatic carbocycles. The zero-order valence-corrected chi connectivity index (χ0v) is 16.8. The summed E-state index contributed by atoms with van der Waals surface area (Å²) >= 11 is 0. The molecule has 0 atom stereocenters. The van der Waals surface area contributed by atoms with Crippen molar-refractivity contribution >= 4 is 17.4 Å². The molecule has 2 aliphatic heterocycles. The molecular weight excluding hydrogens is 366 g/mol. The van der Waals surface area contributed by atoms with Crippen LogP contribution in [0.1, 0.15) is 31.2 Å². The minimum absolute atomic E-state index is 0.0297. The lowest BCUT2D eigenvalue weighted by Gasteiger charge is -2.23. The minimum Gasteiger partial charge on any atom is -0.478 e. The number of rotatable bonds is 7. The summed E-state index contributed by atoms with van der Waals surface area (Å²) in [5, 5.41) is 2.82. The number of carbonyl (C=O) groups is 1. The van der Waals surface area contributed by atoms with Gasteiger partial charge < -0.3 is 19.9 Å². The fraction of sp³-hybridized carbons (Fsp3) is 0.500. The van der Waals surface area contributed by atoms with Crippen molar-refractivity contribution in [1.29, 1.82) is 0 Å². The van der Waals surface area contributed by atoms with Crippen LogP contribution < -0.4 is 15.0 Å². The van der Waals surface area contributed by atoms with Gasteiger partial charge in [-0.3, -0.25) is 9.78 Å². The Labute approximate surface area is 172 Å². The van der Waals surface area contributed by atoms with Crippen LogP contribution in [-0.4, -0.2) is 60.1 Å². The van der Waals surface area contributed by atoms with Crippen molar-refractivity contribution in [2.24, 2.45) is 0 Å². The van der Waals surface area contributed by atoms with Crippen molar-refractivity contribution in [3.05, 3.63) is 42.2 Å². The SMILES string of the molecule is O=C1CCc2ccc(OCCCCN3CCCN(c4ccncc4)CC3)nc2N1. The number of nitrogens with one attached hydrogen (secondary N) is 1. The smallest absolute Gasteiger partial charge is 0.225 e. The second-order valence-electron chi connectivity index (χ2n) is 7.65. The molecule has 7 heteroatoms. The molecule has 154 valence electrons. The predicted molar refractivity (Wildman–Crippen MR) is 113 cm³/mol. The largest absolute Gasteiger partial charge is 0.478 e. The molecule has 1 amide bonds. The molecule has 0 aromatic carbocycles. The van der Waals surface area contributed by atoms with Gasteiger partial charge >= 0.3 is 0 Å². The number of nitrogens with zero attached hydrogens (tertiary/aromatic N) is 4. The number of pyridine rings is 2. The Kier molecular flexibility index (Phi) is 6.56. The maximum atomic E-state index is 11.5. The van der Waals surface area contributed by atoms with E-state index < -0.39 is 0 Å². The van der Waals surface area contributed by atoms with Gasteiger partial charge in [0.05, 0.1) is 6.61 Å². The van der Waals surface area contributed by atoms with E-state index in [1.807, 2.05) is 24.5 Å². The van der Waals surface area contributed by atoms with E-state index in [1.165, 1.54) is 12.1 Å². The topological polar surface area (TPSA) is 70.6 Å². The molecule has 4 rings (SSSR count). The first-order valence-corrected chi connectivity index (χ1v) is 10.6. The van der Waals surface area contributed by atoms with Crippen molar-refractivity contribution in [1.82, 2.24) is 14.9 Å². The van der Waals surface area contributed by atoms with E-state index in [4.69, 9.17) is 4.74 Å². The maximum Gasteiger partial charge on any atom is 0.225 e. The summed E-state index contributed by atoms with van der Waals surface area (Å²) in [6.45, 7) is 6.15. The summed E-state index contributed by atoms with van der Waals surface area (Å²) in [5.41, 5.74) is 2.35. The number of hydrogen-bond donors (Lipinski definition) is 1. The van der Waals surface area contributed by atoms with E-state index in [0.717, 1.165) is 57.5 Å². The molecular formula is C22H29N5O2. The Morgan fingerprint density at radius 1 is 1.00 bits per heavy atom. The number of hydrogen-bond acceptors (Lipinski definition) is 6. The number of anilines is 2. The van der Waals surface area contributed by atoms with Crippen LogP contribution in [0.15, 0.2) is 36.7 Å². The summed E-state index contributed by atoms with van der Waals surface area (Å²) in [6, 6.07) is 8.09. The van der Waals surface area contributed by atoms with Gasteiger partial charge in [-0.05, 0) is 62.5 Å². The molecule has 0 saturated carbocycles. The number of carbonyl (C=O) groups excluding carboxylic acids is 1. The number of unbranched alkanes of at least 4 members (excludes halogenated alkanes) is 1. The summed E-state index contributed by atoms with van der Waals surface area (Å²) in [4.78, 5) is 25.0. The highest BCUT2D eigenvalue weighted by Crippen LogP contribution is 2.23. The van der Waals surface area contributed by atoms with Crippen molar-refractivity contribution < 1.29 is 9.53 Å². The number of aryl methyl sites for hydroxylation is 1. The van der Waals surface area contributed by atoms with Gasteiger partial charge in [-0.2, -0.15) is 4.98 Å². The summed E-state index contributed by atoms with van der Waals surface area (Å²) in [6.07, 6.45) is 8.30. The second-order valence-corrected chi connectivity index (χ2v) is 7.65. The Morgan fingerprint density at radius 3 is 2.79 bits per heavy atom. The molecule has 2 aliphatic rings. The molecule has 1 N–H and O–H groups in total. The number of aromatic nitrogens is 2. The Hall–Kier alpha value is -2.67. The van der Waals surface area contributed by atoms with Crippen LogP contribution in [-0.2, 0) is 11.2 Å². The minimum atomic E-state index is 0.0297. The van der Waals surface area contributed by atoms with E-state index in [0.29, 0.717) is 24.7 Å². The zero-order valence-electron chi connectivity index (χ0n) is 16.8. The van der Waals surface area contributed by atoms with Crippen molar-refractivity contribution in [2.45, 2.75) is 32.1 Å². The average Bonchev–Trinajstić information content (AvgIpc) is 2.99. The fourth-order valence-corrected chi connectivity index (χ4v) is 3.92. The third kappa shape index (κ3) is 5.44. The summed E-state index contributed by atoms with van der Waals surface area (Å²) < 4.78 is 5.80. The molecule has 2 aromatic rings. The van der Waals surface area contributed by atoms with Crippen LogP contribution in [0.3, 0.4) is 0 Å². The van der Waals surface area contributed by atoms with Crippen molar-refractivity contribution in [3.63, 3.8) is 0 Å². The molecule has 29 heavy (non-hydrogen) atoms. The number of ether oxygens (including phenoxy) is 1. The molecule has 4 heterocycles. The van der Waals surface area contributed by atoms with Gasteiger partial charge in [0.2, 0.25) is 11.8 Å². The van der Waals surface area contributed by atoms with Crippen LogP contribution >= 0.6 is 0 Å². The molecule has 7 nitrogen and oxygen atoms in total. The molecule has 0 unspecified atom stereocenters. The number of amides is 1. The maximum absolute atomic E-state index is 11.5. The molecule has 0 radical (unpaired) electrons. The van der Waals surface area contributed by atoms with Crippen molar-refractivity contribution in [3.8, 4) is 5.88 Å². The lowest BCUT2D eigenvalue weighted by Crippen LogP contribution is -2.31. The quantitative estimate of drug-likeness (QED) is 0.727. The second kappa shape index (κ2) is 9.69. The van der Waals surface area contributed by atoms with Gasteiger partial charge in [-0.15, -0.1) is 0 Å². The lowest BCUT2D eigenvalue weighted by molar-refractivity contribution is -0.116. The van der Waals surface area contributed by atoms with Gasteiger partial charge in [0.25, 0.3) is 0 Å². The predicted octanol–water partition coefficient (Wildman–Crippen LogP) is 2.73. The average molecular weight is 396 g/mol. The normalized spacial score (nSPS) is 17.4. The summed E-state index contributed by atoms with van der Waals surface area (Å²) in [7, 11) is 0. The first kappa shape index (κ1) is 19.6. The highest BCUT2D eigenvalue weighted by atomic mass is 16.5. The van der Waals surface area contributed by atoms with Crippen LogP contribution in [0.25, 0.3) is 0 Å². The van der Waals surface area contributed by atoms with Gasteiger partial charge in [-0.25, -0.2) is 0 Å². The zero-order chi connectivity index (χ0) is 19.9. The molecule has 0 spiro atoms. The van der Waals surface area contributed by atoms with E-state index in [9.17, 15) is 4.79 Å². The third-order valence-corrected chi connectivity index (χ3v) is 5.57. The highest BCUT2D eigenvalue weighted by Gasteiger charge is 2.17. The van der Waals surface area contributed by atoms with Gasteiger partial charge in [0, 0.05) is 50.2 Å². The molecule has 1 saturated heterocycles. The third-order valence-electron chi connectivity index (χ3n) is 5.57. The van der Waals surface area contributed by atoms with Gasteiger partial charge in [0.1, 0.15) is 5.82 Å². The van der Waals surface area contributed by atoms with E-state index in [1.54, 1.807) is 0 Å². The first-order valence-electron chi connectivity index (χ1n) is 10.6. The van der Waals surface area contributed by atoms with Gasteiger partial charge in [0.15, 0.2) is 0 Å². The number of fused-ring (bicyclic) bond motifs is 1. The van der Waals surface area contributed by atoms with Crippen molar-refractivity contribution in [2.75, 3.05) is 49.5 Å². The van der Waals surface area contributed by atoms with E-state index in [2.05, 4.69) is 37.2 Å². The van der Waals surface area contributed by atoms with Crippen LogP contribution in [0.5, 0.6) is 5.88 Å². The Balaban J connectivity index is 1.16. The molecule has 2 aromatic heterocycles. The van der Waals surface area contributed by atoms with Crippen LogP contribution in [0, 0.1) is 0 Å². The van der Waals surface area contributed by atoms with Crippen LogP contribution in [0.4, 0.5) is 11.5 Å². The molecule has 0 bridgehead atoms. The summed E-state index contributed by atoms with van der Waals surface area (Å²) in [5.74, 6) is 1.28. The Bertz CT molecular complexity index is 814. The fourth-order valence-electron chi connectivity index (χ4n) is 3.92. The van der Waals surface area contributed by atoms with Crippen LogP contribution in [0.2, 0.25) is 0 Å². The highest BCUT2D eigenvalue weighted by molar-refractivity contribution is 5.92. The standard InChI is InChI=1S/C22H29N5O2/c28-20-6-4-18-5-7-21(25-22(18)24-20)29-17-2-1-12-26-13-3-14-27(16-15-26)19-8-10-23-11-9-19/h5,7-11H,1-4,6,12-17H2,(H,24,25,28). The van der Waals surface area contributed by atoms with Gasteiger partial charge in [-0.1, -0.05) is 0 Å². The van der Waals surface area contributed by atoms with E-state index >= 15 is 0 Å². The molecule has 1 fully saturated rings. The lowest BCUT2D eigenvalue weighted by atomic mass is 10.1. The first-order chi connectivity index (χ1) is 14.3.